The second kappa shape index (κ2) is 7.77. The summed E-state index contributed by atoms with van der Waals surface area (Å²) >= 11 is 5.77. The van der Waals surface area contributed by atoms with Gasteiger partial charge in [0.05, 0.1) is 13.2 Å². The summed E-state index contributed by atoms with van der Waals surface area (Å²) in [6, 6.07) is 6.97. The smallest absolute Gasteiger partial charge is 0.120 e. The van der Waals surface area contributed by atoms with E-state index in [1.165, 1.54) is 0 Å². The lowest BCUT2D eigenvalue weighted by Crippen LogP contribution is -2.26. The molecule has 0 spiro atoms. The zero-order valence-corrected chi connectivity index (χ0v) is 9.80. The summed E-state index contributed by atoms with van der Waals surface area (Å²) in [5, 5.41) is 9.32. The van der Waals surface area contributed by atoms with Crippen LogP contribution in [0.25, 0.3) is 0 Å². The van der Waals surface area contributed by atoms with Crippen LogP contribution in [0.4, 0.5) is 0 Å². The number of ether oxygens (including phenoxy) is 1. The molecule has 0 aromatic heterocycles. The van der Waals surface area contributed by atoms with Crippen LogP contribution in [0.15, 0.2) is 24.3 Å². The highest BCUT2D eigenvalue weighted by Gasteiger charge is 2.00. The van der Waals surface area contributed by atoms with Gasteiger partial charge < -0.3 is 15.6 Å². The van der Waals surface area contributed by atoms with Crippen molar-refractivity contribution in [3.8, 4) is 5.75 Å². The maximum Gasteiger partial charge on any atom is 0.120 e. The molecule has 0 unspecified atom stereocenters. The van der Waals surface area contributed by atoms with Crippen molar-refractivity contribution in [2.45, 2.75) is 12.5 Å². The Morgan fingerprint density at radius 2 is 2.20 bits per heavy atom. The Hall–Kier alpha value is -0.480. The number of rotatable bonds is 5. The molecule has 1 rings (SSSR count). The number of nitrogens with two attached hydrogens (primary N) is 1. The molecule has 3 N–H and O–H groups in total. The highest BCUT2D eigenvalue weighted by molar-refractivity contribution is 6.30. The highest BCUT2D eigenvalue weighted by Crippen LogP contribution is 2.17. The lowest BCUT2D eigenvalue weighted by atomic mass is 10.2. The summed E-state index contributed by atoms with van der Waals surface area (Å²) in [5.41, 5.74) is 5.51. The molecule has 0 aliphatic rings. The molecule has 0 fully saturated rings. The van der Waals surface area contributed by atoms with Gasteiger partial charge in [-0.15, -0.1) is 12.4 Å². The SMILES string of the molecule is Cl.N[C@H](CO)CCOc1cccc(Cl)c1. The van der Waals surface area contributed by atoms with Gasteiger partial charge in [-0.3, -0.25) is 0 Å². The van der Waals surface area contributed by atoms with Crippen LogP contribution >= 0.6 is 24.0 Å². The third-order valence-corrected chi connectivity index (χ3v) is 2.02. The van der Waals surface area contributed by atoms with Crippen LogP contribution in [0.5, 0.6) is 5.75 Å². The van der Waals surface area contributed by atoms with Gasteiger partial charge in [0.2, 0.25) is 0 Å². The topological polar surface area (TPSA) is 55.5 Å². The first-order valence-corrected chi connectivity index (χ1v) is 4.85. The predicted octanol–water partition coefficient (Wildman–Crippen LogP) is 1.85. The monoisotopic (exact) mass is 251 g/mol. The summed E-state index contributed by atoms with van der Waals surface area (Å²) in [5.74, 6) is 0.725. The van der Waals surface area contributed by atoms with E-state index in [1.54, 1.807) is 12.1 Å². The molecule has 86 valence electrons. The lowest BCUT2D eigenvalue weighted by Gasteiger charge is -2.09. The van der Waals surface area contributed by atoms with Gasteiger partial charge in [-0.05, 0) is 24.6 Å². The number of aliphatic hydroxyl groups excluding tert-OH is 1. The molecular weight excluding hydrogens is 237 g/mol. The van der Waals surface area contributed by atoms with E-state index in [0.29, 0.717) is 18.1 Å². The van der Waals surface area contributed by atoms with Crippen LogP contribution < -0.4 is 10.5 Å². The van der Waals surface area contributed by atoms with E-state index in [0.717, 1.165) is 5.75 Å². The first kappa shape index (κ1) is 14.5. The van der Waals surface area contributed by atoms with Crippen molar-refractivity contribution in [3.05, 3.63) is 29.3 Å². The Morgan fingerprint density at radius 1 is 1.47 bits per heavy atom. The average Bonchev–Trinajstić information content (AvgIpc) is 2.17. The predicted molar refractivity (Wildman–Crippen MR) is 63.9 cm³/mol. The Balaban J connectivity index is 0.00000196. The van der Waals surface area contributed by atoms with E-state index in [9.17, 15) is 0 Å². The van der Waals surface area contributed by atoms with Crippen LogP contribution in [0.1, 0.15) is 6.42 Å². The van der Waals surface area contributed by atoms with Crippen LogP contribution in [0.3, 0.4) is 0 Å². The molecule has 0 aliphatic heterocycles. The van der Waals surface area contributed by atoms with Gasteiger partial charge in [0.15, 0.2) is 0 Å². The Morgan fingerprint density at radius 3 is 2.80 bits per heavy atom. The molecule has 0 bridgehead atoms. The fourth-order valence-corrected chi connectivity index (χ4v) is 1.16. The van der Waals surface area contributed by atoms with Crippen molar-refractivity contribution in [2.24, 2.45) is 5.73 Å². The quantitative estimate of drug-likeness (QED) is 0.840. The fraction of sp³-hybridized carbons (Fsp3) is 0.400. The normalized spacial score (nSPS) is 11.7. The number of halogens is 2. The molecule has 0 aliphatic carbocycles. The number of benzene rings is 1. The third kappa shape index (κ3) is 5.85. The standard InChI is InChI=1S/C10H14ClNO2.ClH/c11-8-2-1-3-10(6-8)14-5-4-9(12)7-13;/h1-3,6,9,13H,4-5,7,12H2;1H/t9-;/m0./s1. The van der Waals surface area contributed by atoms with Gasteiger partial charge in [0.25, 0.3) is 0 Å². The number of hydrogen-bond donors (Lipinski definition) is 2. The molecule has 0 saturated carbocycles. The van der Waals surface area contributed by atoms with E-state index in [-0.39, 0.29) is 25.1 Å². The molecule has 0 amide bonds. The van der Waals surface area contributed by atoms with Crippen LogP contribution in [0, 0.1) is 0 Å². The maximum atomic E-state index is 8.67. The fourth-order valence-electron chi connectivity index (χ4n) is 0.976. The van der Waals surface area contributed by atoms with E-state index in [2.05, 4.69) is 0 Å². The summed E-state index contributed by atoms with van der Waals surface area (Å²) in [4.78, 5) is 0. The molecule has 0 saturated heterocycles. The number of aliphatic hydroxyl groups is 1. The van der Waals surface area contributed by atoms with E-state index >= 15 is 0 Å². The minimum atomic E-state index is -0.214. The molecular formula is C10H15Cl2NO2. The molecule has 15 heavy (non-hydrogen) atoms. The van der Waals surface area contributed by atoms with Crippen molar-refractivity contribution >= 4 is 24.0 Å². The zero-order valence-electron chi connectivity index (χ0n) is 8.23. The summed E-state index contributed by atoms with van der Waals surface area (Å²) in [6.07, 6.45) is 0.628. The molecule has 1 aromatic carbocycles. The Kier molecular flexibility index (Phi) is 7.52. The summed E-state index contributed by atoms with van der Waals surface area (Å²) in [6.45, 7) is 0.473. The molecule has 1 aromatic rings. The Labute approximate surface area is 101 Å². The van der Waals surface area contributed by atoms with Crippen molar-refractivity contribution in [1.29, 1.82) is 0 Å². The second-order valence-electron chi connectivity index (χ2n) is 3.04. The third-order valence-electron chi connectivity index (χ3n) is 1.79. The van der Waals surface area contributed by atoms with Crippen molar-refractivity contribution in [1.82, 2.24) is 0 Å². The zero-order chi connectivity index (χ0) is 10.4. The summed E-state index contributed by atoms with van der Waals surface area (Å²) in [7, 11) is 0. The highest BCUT2D eigenvalue weighted by atomic mass is 35.5. The van der Waals surface area contributed by atoms with Crippen LogP contribution in [0.2, 0.25) is 5.02 Å². The molecule has 0 heterocycles. The van der Waals surface area contributed by atoms with Gasteiger partial charge in [-0.1, -0.05) is 17.7 Å². The summed E-state index contributed by atoms with van der Waals surface area (Å²) < 4.78 is 5.38. The van der Waals surface area contributed by atoms with Gasteiger partial charge in [0, 0.05) is 11.1 Å². The Bertz CT molecular complexity index is 284. The van der Waals surface area contributed by atoms with Crippen molar-refractivity contribution in [2.75, 3.05) is 13.2 Å². The van der Waals surface area contributed by atoms with Crippen LogP contribution in [-0.2, 0) is 0 Å². The van der Waals surface area contributed by atoms with Crippen molar-refractivity contribution in [3.63, 3.8) is 0 Å². The molecule has 0 radical (unpaired) electrons. The average molecular weight is 252 g/mol. The maximum absolute atomic E-state index is 8.67. The molecule has 3 nitrogen and oxygen atoms in total. The van der Waals surface area contributed by atoms with E-state index in [1.807, 2.05) is 12.1 Å². The van der Waals surface area contributed by atoms with E-state index < -0.39 is 0 Å². The molecule has 1 atom stereocenters. The van der Waals surface area contributed by atoms with E-state index in [4.69, 9.17) is 27.2 Å². The van der Waals surface area contributed by atoms with Gasteiger partial charge >= 0.3 is 0 Å². The molecule has 5 heteroatoms. The largest absolute Gasteiger partial charge is 0.493 e. The van der Waals surface area contributed by atoms with Gasteiger partial charge in [0.1, 0.15) is 5.75 Å². The minimum Gasteiger partial charge on any atom is -0.493 e. The first-order valence-electron chi connectivity index (χ1n) is 4.47. The second-order valence-corrected chi connectivity index (χ2v) is 3.47. The minimum absolute atomic E-state index is 0. The van der Waals surface area contributed by atoms with Gasteiger partial charge in [-0.25, -0.2) is 0 Å². The first-order chi connectivity index (χ1) is 6.72. The lowest BCUT2D eigenvalue weighted by molar-refractivity contribution is 0.230. The number of hydrogen-bond acceptors (Lipinski definition) is 3. The van der Waals surface area contributed by atoms with Crippen molar-refractivity contribution < 1.29 is 9.84 Å². The van der Waals surface area contributed by atoms with Crippen LogP contribution in [-0.4, -0.2) is 24.4 Å². The van der Waals surface area contributed by atoms with Gasteiger partial charge in [-0.2, -0.15) is 0 Å².